The van der Waals surface area contributed by atoms with Gasteiger partial charge < -0.3 is 19.5 Å². The fourth-order valence-electron chi connectivity index (χ4n) is 5.15. The Morgan fingerprint density at radius 2 is 2.13 bits per heavy atom. The van der Waals surface area contributed by atoms with E-state index in [4.69, 9.17) is 4.74 Å². The van der Waals surface area contributed by atoms with Crippen LogP contribution in [0.2, 0.25) is 0 Å². The molecule has 2 amide bonds. The number of aromatic nitrogens is 2. The maximum absolute atomic E-state index is 13.4. The van der Waals surface area contributed by atoms with E-state index in [1.807, 2.05) is 36.9 Å². The summed E-state index contributed by atoms with van der Waals surface area (Å²) in [6.45, 7) is 6.96. The number of likely N-dealkylation sites (tertiary alicyclic amines) is 1. The number of pyridine rings is 1. The average molecular weight is 425 g/mol. The lowest BCUT2D eigenvalue weighted by Gasteiger charge is -2.41. The van der Waals surface area contributed by atoms with E-state index in [0.29, 0.717) is 26.2 Å². The normalized spacial score (nSPS) is 19.5. The Morgan fingerprint density at radius 3 is 2.77 bits per heavy atom. The van der Waals surface area contributed by atoms with Crippen LogP contribution in [0.25, 0.3) is 0 Å². The summed E-state index contributed by atoms with van der Waals surface area (Å²) in [6, 6.07) is 5.79. The quantitative estimate of drug-likeness (QED) is 0.742. The second-order valence-electron chi connectivity index (χ2n) is 8.96. The molecule has 2 fully saturated rings. The Labute approximate surface area is 183 Å². The highest BCUT2D eigenvalue weighted by Crippen LogP contribution is 2.52. The number of aryl methyl sites for hydroxylation is 1. The second-order valence-corrected chi connectivity index (χ2v) is 8.96. The van der Waals surface area contributed by atoms with Gasteiger partial charge in [-0.25, -0.2) is 0 Å². The lowest BCUT2D eigenvalue weighted by Crippen LogP contribution is -2.45. The minimum Gasteiger partial charge on any atom is -0.383 e. The van der Waals surface area contributed by atoms with Crippen molar-refractivity contribution in [1.29, 1.82) is 0 Å². The average Bonchev–Trinajstić information content (AvgIpc) is 3.29. The molecule has 4 rings (SSSR count). The minimum absolute atomic E-state index is 0.0330. The highest BCUT2D eigenvalue weighted by molar-refractivity contribution is 5.96. The van der Waals surface area contributed by atoms with Gasteiger partial charge in [0, 0.05) is 62.5 Å². The zero-order valence-electron chi connectivity index (χ0n) is 18.7. The van der Waals surface area contributed by atoms with Crippen molar-refractivity contribution >= 4 is 11.8 Å². The van der Waals surface area contributed by atoms with Crippen LogP contribution in [0.3, 0.4) is 0 Å². The first-order valence-electron chi connectivity index (χ1n) is 11.1. The van der Waals surface area contributed by atoms with Crippen LogP contribution in [-0.4, -0.2) is 53.1 Å². The predicted octanol–water partition coefficient (Wildman–Crippen LogP) is 2.71. The highest BCUT2D eigenvalue weighted by Gasteiger charge is 2.54. The molecular formula is C24H32N4O3. The zero-order chi connectivity index (χ0) is 22.0. The van der Waals surface area contributed by atoms with Crippen LogP contribution in [0.4, 0.5) is 0 Å². The molecule has 0 aromatic carbocycles. The van der Waals surface area contributed by atoms with Crippen molar-refractivity contribution in [3.8, 4) is 0 Å². The third kappa shape index (κ3) is 4.11. The topological polar surface area (TPSA) is 76.5 Å². The third-order valence-corrected chi connectivity index (χ3v) is 7.11. The lowest BCUT2D eigenvalue weighted by molar-refractivity contribution is -0.129. The van der Waals surface area contributed by atoms with Gasteiger partial charge in [0.05, 0.1) is 18.1 Å². The van der Waals surface area contributed by atoms with Crippen LogP contribution in [0.1, 0.15) is 46.6 Å². The standard InChI is InChI=1S/C24H32N4O3/c1-17-12-20(18(2)28(17)10-11-31-3)23(30)27-15-21(24(16-27)7-5-8-24)22(29)26-14-19-6-4-9-25-13-19/h4,6,9,12-13,21H,5,7-8,10-11,14-16H2,1-3H3,(H,26,29). The summed E-state index contributed by atoms with van der Waals surface area (Å²) in [5, 5.41) is 3.08. The molecule has 1 saturated carbocycles. The molecule has 1 saturated heterocycles. The number of amides is 2. The molecule has 1 spiro atoms. The Balaban J connectivity index is 1.47. The number of carbonyl (C=O) groups is 2. The van der Waals surface area contributed by atoms with Crippen LogP contribution in [0.5, 0.6) is 0 Å². The Morgan fingerprint density at radius 1 is 1.32 bits per heavy atom. The number of carbonyl (C=O) groups excluding carboxylic acids is 2. The van der Waals surface area contributed by atoms with Gasteiger partial charge in [0.25, 0.3) is 5.91 Å². The molecule has 0 bridgehead atoms. The first kappa shape index (κ1) is 21.6. The largest absolute Gasteiger partial charge is 0.383 e. The molecule has 1 aliphatic carbocycles. The van der Waals surface area contributed by atoms with Gasteiger partial charge in [0.1, 0.15) is 0 Å². The number of hydrogen-bond donors (Lipinski definition) is 1. The maximum atomic E-state index is 13.4. The predicted molar refractivity (Wildman–Crippen MR) is 118 cm³/mol. The van der Waals surface area contributed by atoms with E-state index in [2.05, 4.69) is 14.9 Å². The number of hydrogen-bond acceptors (Lipinski definition) is 4. The van der Waals surface area contributed by atoms with Crippen molar-refractivity contribution in [1.82, 2.24) is 19.8 Å². The maximum Gasteiger partial charge on any atom is 0.255 e. The Kier molecular flexibility index (Phi) is 6.14. The molecule has 7 nitrogen and oxygen atoms in total. The Hall–Kier alpha value is -2.67. The van der Waals surface area contributed by atoms with E-state index in [-0.39, 0.29) is 23.1 Å². The summed E-state index contributed by atoms with van der Waals surface area (Å²) in [7, 11) is 1.68. The van der Waals surface area contributed by atoms with Crippen LogP contribution < -0.4 is 5.32 Å². The summed E-state index contributed by atoms with van der Waals surface area (Å²) in [4.78, 5) is 32.5. The summed E-state index contributed by atoms with van der Waals surface area (Å²) in [5.41, 5.74) is 3.66. The monoisotopic (exact) mass is 424 g/mol. The van der Waals surface area contributed by atoms with Crippen LogP contribution in [-0.2, 0) is 22.6 Å². The summed E-state index contributed by atoms with van der Waals surface area (Å²) < 4.78 is 7.33. The molecule has 7 heteroatoms. The molecular weight excluding hydrogens is 392 g/mol. The summed E-state index contributed by atoms with van der Waals surface area (Å²) in [5.74, 6) is -0.0751. The van der Waals surface area contributed by atoms with Gasteiger partial charge in [-0.1, -0.05) is 12.5 Å². The molecule has 2 aliphatic rings. The summed E-state index contributed by atoms with van der Waals surface area (Å²) in [6.07, 6.45) is 6.63. The molecule has 31 heavy (non-hydrogen) atoms. The molecule has 2 aromatic heterocycles. The van der Waals surface area contributed by atoms with Crippen LogP contribution in [0.15, 0.2) is 30.6 Å². The molecule has 2 aromatic rings. The molecule has 3 heterocycles. The van der Waals surface area contributed by atoms with Gasteiger partial charge in [0.15, 0.2) is 0 Å². The smallest absolute Gasteiger partial charge is 0.255 e. The van der Waals surface area contributed by atoms with E-state index in [0.717, 1.165) is 48.3 Å². The number of methoxy groups -OCH3 is 1. The first-order valence-corrected chi connectivity index (χ1v) is 11.1. The molecule has 0 radical (unpaired) electrons. The number of rotatable bonds is 7. The molecule has 1 N–H and O–H groups in total. The second kappa shape index (κ2) is 8.83. The number of ether oxygens (including phenoxy) is 1. The number of nitrogens with zero attached hydrogens (tertiary/aromatic N) is 3. The van der Waals surface area contributed by atoms with Gasteiger partial charge in [-0.05, 0) is 44.4 Å². The summed E-state index contributed by atoms with van der Waals surface area (Å²) >= 11 is 0. The van der Waals surface area contributed by atoms with Gasteiger partial charge in [-0.15, -0.1) is 0 Å². The Bertz CT molecular complexity index is 949. The third-order valence-electron chi connectivity index (χ3n) is 7.11. The minimum atomic E-state index is -0.154. The van der Waals surface area contributed by atoms with Crippen LogP contribution >= 0.6 is 0 Å². The van der Waals surface area contributed by atoms with E-state index in [9.17, 15) is 9.59 Å². The van der Waals surface area contributed by atoms with E-state index < -0.39 is 0 Å². The SMILES string of the molecule is COCCn1c(C)cc(C(=O)N2CC(C(=O)NCc3cccnc3)C3(CCC3)C2)c1C. The van der Waals surface area contributed by atoms with E-state index >= 15 is 0 Å². The molecule has 1 unspecified atom stereocenters. The van der Waals surface area contributed by atoms with Crippen molar-refractivity contribution in [3.05, 3.63) is 53.1 Å². The van der Waals surface area contributed by atoms with Crippen molar-refractivity contribution in [3.63, 3.8) is 0 Å². The van der Waals surface area contributed by atoms with Gasteiger partial charge in [-0.2, -0.15) is 0 Å². The zero-order valence-corrected chi connectivity index (χ0v) is 18.7. The lowest BCUT2D eigenvalue weighted by atomic mass is 9.62. The van der Waals surface area contributed by atoms with Crippen molar-refractivity contribution in [2.75, 3.05) is 26.8 Å². The van der Waals surface area contributed by atoms with Crippen molar-refractivity contribution in [2.45, 2.75) is 46.2 Å². The fourth-order valence-corrected chi connectivity index (χ4v) is 5.15. The van der Waals surface area contributed by atoms with Gasteiger partial charge in [-0.3, -0.25) is 14.6 Å². The molecule has 1 aliphatic heterocycles. The molecule has 1 atom stereocenters. The van der Waals surface area contributed by atoms with E-state index in [1.54, 1.807) is 19.5 Å². The van der Waals surface area contributed by atoms with Crippen LogP contribution in [0, 0.1) is 25.2 Å². The highest BCUT2D eigenvalue weighted by atomic mass is 16.5. The van der Waals surface area contributed by atoms with Crippen molar-refractivity contribution < 1.29 is 14.3 Å². The molecule has 166 valence electrons. The fraction of sp³-hybridized carbons (Fsp3) is 0.542. The van der Waals surface area contributed by atoms with Gasteiger partial charge in [0.2, 0.25) is 5.91 Å². The first-order chi connectivity index (χ1) is 14.9. The van der Waals surface area contributed by atoms with Gasteiger partial charge >= 0.3 is 0 Å². The van der Waals surface area contributed by atoms with Crippen molar-refractivity contribution in [2.24, 2.45) is 11.3 Å². The number of nitrogens with one attached hydrogen (secondary N) is 1. The van der Waals surface area contributed by atoms with E-state index in [1.165, 1.54) is 0 Å².